The molecule has 1 rings (SSSR count). The van der Waals surface area contributed by atoms with E-state index in [-0.39, 0.29) is 11.3 Å². The Kier molecular flexibility index (Phi) is 4.98. The van der Waals surface area contributed by atoms with E-state index in [9.17, 15) is 13.2 Å². The topological polar surface area (TPSA) is 77.2 Å². The third kappa shape index (κ3) is 3.09. The van der Waals surface area contributed by atoms with E-state index in [1.54, 1.807) is 0 Å². The van der Waals surface area contributed by atoms with Crippen molar-refractivity contribution in [2.24, 2.45) is 0 Å². The number of hydrogen-bond donors (Lipinski definition) is 1. The van der Waals surface area contributed by atoms with Crippen molar-refractivity contribution in [3.63, 3.8) is 0 Å². The van der Waals surface area contributed by atoms with Gasteiger partial charge in [-0.25, -0.2) is 8.42 Å². The Bertz CT molecular complexity index is 554. The summed E-state index contributed by atoms with van der Waals surface area (Å²) in [5, 5.41) is 0. The maximum atomic E-state index is 12.5. The van der Waals surface area contributed by atoms with E-state index >= 15 is 0 Å². The minimum atomic E-state index is -3.93. The fraction of sp³-hybridized carbons (Fsp3) is 0.462. The Labute approximate surface area is 118 Å². The van der Waals surface area contributed by atoms with Gasteiger partial charge < -0.3 is 5.73 Å². The number of carbonyl (C=O) groups is 1. The highest BCUT2D eigenvalue weighted by molar-refractivity contribution is 7.95. The molecule has 6 heteroatoms. The number of halogens is 1. The molecule has 4 nitrogen and oxygen atoms in total. The molecule has 19 heavy (non-hydrogen) atoms. The first-order chi connectivity index (χ1) is 8.75. The molecule has 0 fully saturated rings. The van der Waals surface area contributed by atoms with Gasteiger partial charge >= 0.3 is 0 Å². The maximum absolute atomic E-state index is 12.5. The molecule has 1 aromatic carbocycles. The van der Waals surface area contributed by atoms with Crippen molar-refractivity contribution in [2.75, 3.05) is 5.73 Å². The Morgan fingerprint density at radius 3 is 2.26 bits per heavy atom. The van der Waals surface area contributed by atoms with E-state index in [1.165, 1.54) is 31.2 Å². The SMILES string of the molecule is CCCCC(Cl)(C(C)=O)S(=O)(=O)c1ccc(N)cc1. The van der Waals surface area contributed by atoms with Gasteiger partial charge in [0.25, 0.3) is 0 Å². The fourth-order valence-electron chi connectivity index (χ4n) is 1.74. The number of benzene rings is 1. The Morgan fingerprint density at radius 2 is 1.84 bits per heavy atom. The van der Waals surface area contributed by atoms with Crippen LogP contribution in [0.1, 0.15) is 33.1 Å². The van der Waals surface area contributed by atoms with Crippen molar-refractivity contribution in [3.8, 4) is 0 Å². The predicted molar refractivity (Wildman–Crippen MR) is 76.8 cm³/mol. The van der Waals surface area contributed by atoms with Crippen molar-refractivity contribution in [1.82, 2.24) is 0 Å². The largest absolute Gasteiger partial charge is 0.399 e. The van der Waals surface area contributed by atoms with Crippen LogP contribution in [0.25, 0.3) is 0 Å². The number of Topliss-reactive ketones (excluding diaryl/α,β-unsaturated/α-hetero) is 1. The zero-order valence-electron chi connectivity index (χ0n) is 11.0. The van der Waals surface area contributed by atoms with Crippen molar-refractivity contribution >= 4 is 32.9 Å². The van der Waals surface area contributed by atoms with Gasteiger partial charge in [-0.05, 0) is 37.6 Å². The van der Waals surface area contributed by atoms with Crippen LogP contribution in [-0.2, 0) is 14.6 Å². The molecule has 0 saturated heterocycles. The number of nitrogen functional groups attached to an aromatic ring is 1. The van der Waals surface area contributed by atoms with Crippen LogP contribution in [0.4, 0.5) is 5.69 Å². The summed E-state index contributed by atoms with van der Waals surface area (Å²) in [7, 11) is -3.93. The van der Waals surface area contributed by atoms with Gasteiger partial charge in [-0.2, -0.15) is 0 Å². The lowest BCUT2D eigenvalue weighted by atomic mass is 10.1. The molecule has 0 aromatic heterocycles. The molecule has 0 aliphatic carbocycles. The van der Waals surface area contributed by atoms with Crippen LogP contribution in [0.5, 0.6) is 0 Å². The first-order valence-electron chi connectivity index (χ1n) is 6.06. The lowest BCUT2D eigenvalue weighted by Crippen LogP contribution is -2.39. The highest BCUT2D eigenvalue weighted by Crippen LogP contribution is 2.35. The summed E-state index contributed by atoms with van der Waals surface area (Å²) < 4.78 is 23.1. The monoisotopic (exact) mass is 303 g/mol. The maximum Gasteiger partial charge on any atom is 0.207 e. The van der Waals surface area contributed by atoms with E-state index in [0.29, 0.717) is 12.1 Å². The molecule has 0 heterocycles. The van der Waals surface area contributed by atoms with E-state index in [0.717, 1.165) is 6.42 Å². The number of sulfone groups is 1. The quantitative estimate of drug-likeness (QED) is 0.647. The van der Waals surface area contributed by atoms with Crippen LogP contribution in [0, 0.1) is 0 Å². The summed E-state index contributed by atoms with van der Waals surface area (Å²) in [5.74, 6) is -0.556. The first kappa shape index (κ1) is 16.0. The average molecular weight is 304 g/mol. The summed E-state index contributed by atoms with van der Waals surface area (Å²) in [4.78, 5) is 11.7. The first-order valence-corrected chi connectivity index (χ1v) is 7.92. The number of ketones is 1. The predicted octanol–water partition coefficient (Wildman–Crippen LogP) is 2.76. The molecule has 1 atom stereocenters. The molecular formula is C13H18ClNO3S. The normalized spacial score (nSPS) is 14.9. The molecule has 0 radical (unpaired) electrons. The van der Waals surface area contributed by atoms with E-state index in [2.05, 4.69) is 0 Å². The van der Waals surface area contributed by atoms with Gasteiger partial charge in [-0.15, -0.1) is 0 Å². The summed E-state index contributed by atoms with van der Waals surface area (Å²) in [6.45, 7) is 3.12. The number of unbranched alkanes of at least 4 members (excludes halogenated alkanes) is 1. The van der Waals surface area contributed by atoms with Gasteiger partial charge in [-0.1, -0.05) is 31.4 Å². The fourth-order valence-corrected chi connectivity index (χ4v) is 3.80. The number of carbonyl (C=O) groups excluding carboxylic acids is 1. The Balaban J connectivity index is 3.28. The Hall–Kier alpha value is -1.07. The molecule has 0 saturated carbocycles. The van der Waals surface area contributed by atoms with Crippen molar-refractivity contribution in [1.29, 1.82) is 0 Å². The van der Waals surface area contributed by atoms with Crippen LogP contribution < -0.4 is 5.73 Å². The zero-order chi connectivity index (χ0) is 14.7. The molecule has 1 aromatic rings. The lowest BCUT2D eigenvalue weighted by Gasteiger charge is -2.24. The highest BCUT2D eigenvalue weighted by Gasteiger charge is 2.46. The minimum Gasteiger partial charge on any atom is -0.399 e. The van der Waals surface area contributed by atoms with Gasteiger partial charge in [0.05, 0.1) is 4.90 Å². The van der Waals surface area contributed by atoms with Crippen LogP contribution in [-0.4, -0.2) is 18.4 Å². The molecule has 0 amide bonds. The second-order valence-electron chi connectivity index (χ2n) is 4.46. The van der Waals surface area contributed by atoms with Gasteiger partial charge in [-0.3, -0.25) is 4.79 Å². The second-order valence-corrected chi connectivity index (χ2v) is 7.51. The number of alkyl halides is 1. The molecule has 106 valence electrons. The molecule has 0 aliphatic rings. The second kappa shape index (κ2) is 5.92. The van der Waals surface area contributed by atoms with Gasteiger partial charge in [0, 0.05) is 5.69 Å². The van der Waals surface area contributed by atoms with Crippen molar-refractivity contribution < 1.29 is 13.2 Å². The smallest absolute Gasteiger partial charge is 0.207 e. The average Bonchev–Trinajstić information content (AvgIpc) is 2.35. The summed E-state index contributed by atoms with van der Waals surface area (Å²) in [6, 6.07) is 5.70. The van der Waals surface area contributed by atoms with Crippen LogP contribution in [0.15, 0.2) is 29.2 Å². The van der Waals surface area contributed by atoms with E-state index < -0.39 is 19.8 Å². The number of rotatable bonds is 6. The molecule has 2 N–H and O–H groups in total. The number of hydrogen-bond acceptors (Lipinski definition) is 4. The molecular weight excluding hydrogens is 286 g/mol. The van der Waals surface area contributed by atoms with Gasteiger partial charge in [0.1, 0.15) is 0 Å². The summed E-state index contributed by atoms with van der Waals surface area (Å²) in [6.07, 6.45) is 1.43. The number of nitrogens with two attached hydrogens (primary N) is 1. The van der Waals surface area contributed by atoms with Crippen LogP contribution in [0.3, 0.4) is 0 Å². The van der Waals surface area contributed by atoms with E-state index in [1.807, 2.05) is 6.92 Å². The third-order valence-electron chi connectivity index (χ3n) is 2.99. The minimum absolute atomic E-state index is 0.0167. The number of anilines is 1. The molecule has 0 spiro atoms. The van der Waals surface area contributed by atoms with Gasteiger partial charge in [0.15, 0.2) is 5.78 Å². The molecule has 1 unspecified atom stereocenters. The Morgan fingerprint density at radius 1 is 1.32 bits per heavy atom. The summed E-state index contributed by atoms with van der Waals surface area (Å²) >= 11 is 6.15. The van der Waals surface area contributed by atoms with Crippen molar-refractivity contribution in [3.05, 3.63) is 24.3 Å². The van der Waals surface area contributed by atoms with Crippen LogP contribution in [0.2, 0.25) is 0 Å². The molecule has 0 aliphatic heterocycles. The molecule has 0 bridgehead atoms. The van der Waals surface area contributed by atoms with Crippen LogP contribution >= 0.6 is 11.6 Å². The van der Waals surface area contributed by atoms with E-state index in [4.69, 9.17) is 17.3 Å². The van der Waals surface area contributed by atoms with Crippen molar-refractivity contribution in [2.45, 2.75) is 42.2 Å². The lowest BCUT2D eigenvalue weighted by molar-refractivity contribution is -0.117. The highest BCUT2D eigenvalue weighted by atomic mass is 35.5. The van der Waals surface area contributed by atoms with Gasteiger partial charge in [0.2, 0.25) is 14.0 Å². The standard InChI is InChI=1S/C13H18ClNO3S/c1-3-4-9-13(14,10(2)16)19(17,18)12-7-5-11(15)6-8-12/h5-8H,3-4,9,15H2,1-2H3. The third-order valence-corrected chi connectivity index (χ3v) is 6.29. The zero-order valence-corrected chi connectivity index (χ0v) is 12.6. The summed E-state index contributed by atoms with van der Waals surface area (Å²) in [5.41, 5.74) is 5.98.